The van der Waals surface area contributed by atoms with Crippen molar-refractivity contribution in [1.82, 2.24) is 0 Å². The van der Waals surface area contributed by atoms with Crippen molar-refractivity contribution in [3.63, 3.8) is 0 Å². The second-order valence-electron chi connectivity index (χ2n) is 5.29. The normalized spacial score (nSPS) is 28.1. The summed E-state index contributed by atoms with van der Waals surface area (Å²) in [4.78, 5) is 16.9. The van der Waals surface area contributed by atoms with Crippen molar-refractivity contribution in [2.75, 3.05) is 0 Å². The molecule has 0 amide bonds. The molecule has 20 heavy (non-hydrogen) atoms. The Bertz CT molecular complexity index is 556. The first-order chi connectivity index (χ1) is 9.36. The van der Waals surface area contributed by atoms with Crippen molar-refractivity contribution in [3.05, 3.63) is 34.0 Å². The standard InChI is InChI=1S/C17H20BrNO/c1-6-7-14(17(20)11(2)3)16-13(5)9-8-12(4)10-15(18)19-16/h1,7,9-12H,8H2,2-5H3/b13-9+,14-7+,15-10-,19-16+. The molecule has 1 aliphatic rings. The van der Waals surface area contributed by atoms with Crippen molar-refractivity contribution < 1.29 is 4.79 Å². The first-order valence-electron chi connectivity index (χ1n) is 6.70. The lowest BCUT2D eigenvalue weighted by atomic mass is 9.91. The topological polar surface area (TPSA) is 29.4 Å². The molecule has 1 atom stereocenters. The number of nitrogens with zero attached hydrogens (tertiary/aromatic N) is 1. The number of rotatable bonds is 3. The second-order valence-corrected chi connectivity index (χ2v) is 6.11. The van der Waals surface area contributed by atoms with E-state index in [9.17, 15) is 4.79 Å². The quantitative estimate of drug-likeness (QED) is 0.426. The maximum atomic E-state index is 12.3. The van der Waals surface area contributed by atoms with E-state index in [2.05, 4.69) is 39.8 Å². The van der Waals surface area contributed by atoms with Gasteiger partial charge < -0.3 is 0 Å². The maximum absolute atomic E-state index is 12.3. The molecule has 0 bridgehead atoms. The smallest absolute Gasteiger partial charge is 0.168 e. The lowest BCUT2D eigenvalue weighted by molar-refractivity contribution is -0.117. The number of hydrogen-bond acceptors (Lipinski definition) is 2. The minimum Gasteiger partial charge on any atom is -0.294 e. The molecular weight excluding hydrogens is 314 g/mol. The Morgan fingerprint density at radius 3 is 2.80 bits per heavy atom. The SMILES string of the molecule is C#C\C=C(C(=O)C(C)C)/C1=N/C(Br)=C\C(C)C\C=C\1C. The highest BCUT2D eigenvalue weighted by Gasteiger charge is 2.21. The molecular formula is C17H20BrNO. The summed E-state index contributed by atoms with van der Waals surface area (Å²) in [6.07, 6.45) is 11.9. The van der Waals surface area contributed by atoms with Crippen LogP contribution in [0.3, 0.4) is 0 Å². The summed E-state index contributed by atoms with van der Waals surface area (Å²) in [5.41, 5.74) is 2.16. The van der Waals surface area contributed by atoms with Gasteiger partial charge in [0.2, 0.25) is 0 Å². The van der Waals surface area contributed by atoms with Crippen LogP contribution in [0.5, 0.6) is 0 Å². The van der Waals surface area contributed by atoms with Crippen LogP contribution in [-0.4, -0.2) is 11.5 Å². The summed E-state index contributed by atoms with van der Waals surface area (Å²) in [6, 6.07) is 0. The zero-order valence-electron chi connectivity index (χ0n) is 12.4. The summed E-state index contributed by atoms with van der Waals surface area (Å²) in [7, 11) is 0. The molecule has 0 fully saturated rings. The van der Waals surface area contributed by atoms with Crippen molar-refractivity contribution in [1.29, 1.82) is 0 Å². The summed E-state index contributed by atoms with van der Waals surface area (Å²) in [5.74, 6) is 2.77. The largest absolute Gasteiger partial charge is 0.294 e. The number of terminal acetylenes is 1. The number of hydrogen-bond donors (Lipinski definition) is 0. The van der Waals surface area contributed by atoms with Crippen LogP contribution >= 0.6 is 15.9 Å². The third-order valence-corrected chi connectivity index (χ3v) is 3.52. The molecule has 1 aliphatic heterocycles. The van der Waals surface area contributed by atoms with E-state index in [1.54, 1.807) is 0 Å². The van der Waals surface area contributed by atoms with Gasteiger partial charge in [-0.25, -0.2) is 4.99 Å². The van der Waals surface area contributed by atoms with Crippen LogP contribution in [0.4, 0.5) is 0 Å². The van der Waals surface area contributed by atoms with Crippen LogP contribution in [0.1, 0.15) is 34.1 Å². The highest BCUT2D eigenvalue weighted by molar-refractivity contribution is 9.11. The Morgan fingerprint density at radius 2 is 2.25 bits per heavy atom. The van der Waals surface area contributed by atoms with Crippen molar-refractivity contribution >= 4 is 27.4 Å². The van der Waals surface area contributed by atoms with Gasteiger partial charge in [0.25, 0.3) is 0 Å². The monoisotopic (exact) mass is 333 g/mol. The highest BCUT2D eigenvalue weighted by atomic mass is 79.9. The lowest BCUT2D eigenvalue weighted by Gasteiger charge is -2.15. The van der Waals surface area contributed by atoms with Gasteiger partial charge in [0.15, 0.2) is 5.78 Å². The number of allylic oxidation sites excluding steroid dienone is 5. The van der Waals surface area contributed by atoms with E-state index < -0.39 is 0 Å². The highest BCUT2D eigenvalue weighted by Crippen LogP contribution is 2.23. The fourth-order valence-electron chi connectivity index (χ4n) is 1.92. The van der Waals surface area contributed by atoms with Crippen LogP contribution in [0.2, 0.25) is 0 Å². The van der Waals surface area contributed by atoms with Crippen molar-refractivity contribution in [2.24, 2.45) is 16.8 Å². The summed E-state index contributed by atoms with van der Waals surface area (Å²) < 4.78 is 0.743. The molecule has 0 saturated heterocycles. The van der Waals surface area contributed by atoms with E-state index in [0.29, 0.717) is 17.2 Å². The molecule has 1 unspecified atom stereocenters. The summed E-state index contributed by atoms with van der Waals surface area (Å²) >= 11 is 3.44. The Balaban J connectivity index is 3.38. The van der Waals surface area contributed by atoms with E-state index in [0.717, 1.165) is 16.6 Å². The van der Waals surface area contributed by atoms with Crippen LogP contribution in [0, 0.1) is 24.2 Å². The molecule has 0 aliphatic carbocycles. The minimum atomic E-state index is -0.114. The third-order valence-electron chi connectivity index (χ3n) is 3.08. The predicted octanol–water partition coefficient (Wildman–Crippen LogP) is 4.43. The first-order valence-corrected chi connectivity index (χ1v) is 7.50. The molecule has 106 valence electrons. The van der Waals surface area contributed by atoms with Crippen molar-refractivity contribution in [3.8, 4) is 12.3 Å². The van der Waals surface area contributed by atoms with Gasteiger partial charge in [-0.2, -0.15) is 0 Å². The number of halogens is 1. The van der Waals surface area contributed by atoms with E-state index >= 15 is 0 Å². The number of aliphatic imine (C=N–C) groups is 1. The molecule has 0 spiro atoms. The van der Waals surface area contributed by atoms with E-state index in [1.807, 2.05) is 26.8 Å². The number of carbonyl (C=O) groups excluding carboxylic acids is 1. The molecule has 0 saturated carbocycles. The zero-order chi connectivity index (χ0) is 15.3. The summed E-state index contributed by atoms with van der Waals surface area (Å²) in [5, 5.41) is 0. The number of Topliss-reactive ketones (excluding diaryl/α,β-unsaturated/α-hetero) is 1. The Labute approximate surface area is 129 Å². The van der Waals surface area contributed by atoms with Crippen molar-refractivity contribution in [2.45, 2.75) is 34.1 Å². The molecule has 1 heterocycles. The van der Waals surface area contributed by atoms with E-state index in [4.69, 9.17) is 6.42 Å². The van der Waals surface area contributed by atoms with Gasteiger partial charge in [0.05, 0.1) is 11.3 Å². The van der Waals surface area contributed by atoms with Crippen LogP contribution in [0.15, 0.2) is 39.0 Å². The Kier molecular flexibility index (Phi) is 6.16. The molecule has 1 rings (SSSR count). The van der Waals surface area contributed by atoms with E-state index in [-0.39, 0.29) is 11.7 Å². The fourth-order valence-corrected chi connectivity index (χ4v) is 2.55. The average molecular weight is 334 g/mol. The molecule has 0 N–H and O–H groups in total. The molecule has 0 aromatic carbocycles. The van der Waals surface area contributed by atoms with E-state index in [1.165, 1.54) is 6.08 Å². The van der Waals surface area contributed by atoms with Crippen LogP contribution in [0.25, 0.3) is 0 Å². The molecule has 0 aromatic rings. The third kappa shape index (κ3) is 4.31. The van der Waals surface area contributed by atoms with Crippen LogP contribution < -0.4 is 0 Å². The molecule has 2 nitrogen and oxygen atoms in total. The predicted molar refractivity (Wildman–Crippen MR) is 88.7 cm³/mol. The van der Waals surface area contributed by atoms with Gasteiger partial charge in [0.1, 0.15) is 4.61 Å². The van der Waals surface area contributed by atoms with Gasteiger partial charge in [-0.1, -0.05) is 32.8 Å². The average Bonchev–Trinajstić information content (AvgIpc) is 2.37. The molecule has 0 aromatic heterocycles. The van der Waals surface area contributed by atoms with Gasteiger partial charge >= 0.3 is 0 Å². The number of carbonyl (C=O) groups is 1. The fraction of sp³-hybridized carbons (Fsp3) is 0.412. The molecule has 3 heteroatoms. The van der Waals surface area contributed by atoms with Gasteiger partial charge in [0, 0.05) is 12.0 Å². The Hall–Kier alpha value is -1.40. The maximum Gasteiger partial charge on any atom is 0.168 e. The lowest BCUT2D eigenvalue weighted by Crippen LogP contribution is -2.19. The Morgan fingerprint density at radius 1 is 1.60 bits per heavy atom. The van der Waals surface area contributed by atoms with Gasteiger partial charge in [-0.3, -0.25) is 4.79 Å². The van der Waals surface area contributed by atoms with Gasteiger partial charge in [-0.05, 0) is 46.8 Å². The van der Waals surface area contributed by atoms with Gasteiger partial charge in [-0.15, -0.1) is 6.42 Å². The zero-order valence-corrected chi connectivity index (χ0v) is 14.0. The minimum absolute atomic E-state index is 0.0170. The second kappa shape index (κ2) is 7.40. The van der Waals surface area contributed by atoms with Crippen LogP contribution in [-0.2, 0) is 4.79 Å². The molecule has 0 radical (unpaired) electrons. The first kappa shape index (κ1) is 16.7. The summed E-state index contributed by atoms with van der Waals surface area (Å²) in [6.45, 7) is 7.82. The number of ketones is 1.